The minimum Gasteiger partial charge on any atom is -0.492 e. The molecule has 0 saturated heterocycles. The Morgan fingerprint density at radius 3 is 3.14 bits per heavy atom. The lowest BCUT2D eigenvalue weighted by atomic mass is 9.81. The van der Waals surface area contributed by atoms with Gasteiger partial charge in [0.05, 0.1) is 6.61 Å². The van der Waals surface area contributed by atoms with E-state index in [1.54, 1.807) is 12.1 Å². The number of rotatable bonds is 2. The standard InChI is InChI=1S/C12H13FO/c1-3-6-12(2)8-14-11-5-4-9(13)7-10(11)12/h3-5,7H,1,6,8H2,2H3. The number of hydrogen-bond acceptors (Lipinski definition) is 1. The zero-order valence-electron chi connectivity index (χ0n) is 8.22. The zero-order valence-corrected chi connectivity index (χ0v) is 8.22. The Kier molecular flexibility index (Phi) is 2.06. The molecular weight excluding hydrogens is 179 g/mol. The number of ether oxygens (including phenoxy) is 1. The molecule has 14 heavy (non-hydrogen) atoms. The molecule has 0 spiro atoms. The maximum absolute atomic E-state index is 13.1. The Balaban J connectivity index is 2.46. The van der Waals surface area contributed by atoms with Gasteiger partial charge in [0.25, 0.3) is 0 Å². The summed E-state index contributed by atoms with van der Waals surface area (Å²) in [5.74, 6) is 0.597. The van der Waals surface area contributed by atoms with Crippen molar-refractivity contribution in [3.05, 3.63) is 42.2 Å². The van der Waals surface area contributed by atoms with Crippen LogP contribution in [0.5, 0.6) is 5.75 Å². The van der Waals surface area contributed by atoms with E-state index in [2.05, 4.69) is 13.5 Å². The Morgan fingerprint density at radius 2 is 2.43 bits per heavy atom. The van der Waals surface area contributed by atoms with Crippen molar-refractivity contribution in [2.24, 2.45) is 0 Å². The molecule has 0 saturated carbocycles. The van der Waals surface area contributed by atoms with Crippen molar-refractivity contribution in [1.29, 1.82) is 0 Å². The van der Waals surface area contributed by atoms with Gasteiger partial charge in [0, 0.05) is 11.0 Å². The van der Waals surface area contributed by atoms with Crippen LogP contribution in [0, 0.1) is 5.82 Å². The van der Waals surface area contributed by atoms with E-state index in [1.807, 2.05) is 6.08 Å². The summed E-state index contributed by atoms with van der Waals surface area (Å²) in [6.45, 7) is 6.39. The molecule has 1 aliphatic heterocycles. The van der Waals surface area contributed by atoms with Crippen molar-refractivity contribution in [2.75, 3.05) is 6.61 Å². The van der Waals surface area contributed by atoms with Crippen LogP contribution in [-0.2, 0) is 5.41 Å². The number of allylic oxidation sites excluding steroid dienone is 1. The smallest absolute Gasteiger partial charge is 0.123 e. The predicted molar refractivity (Wildman–Crippen MR) is 54.1 cm³/mol. The third-order valence-corrected chi connectivity index (χ3v) is 2.73. The van der Waals surface area contributed by atoms with Gasteiger partial charge in [-0.3, -0.25) is 0 Å². The van der Waals surface area contributed by atoms with Crippen LogP contribution in [0.3, 0.4) is 0 Å². The maximum atomic E-state index is 13.1. The Hall–Kier alpha value is -1.31. The lowest BCUT2D eigenvalue weighted by Crippen LogP contribution is -2.22. The van der Waals surface area contributed by atoms with Gasteiger partial charge in [-0.05, 0) is 24.6 Å². The number of fused-ring (bicyclic) bond motifs is 1. The van der Waals surface area contributed by atoms with Gasteiger partial charge < -0.3 is 4.74 Å². The highest BCUT2D eigenvalue weighted by atomic mass is 19.1. The molecule has 1 heterocycles. The van der Waals surface area contributed by atoms with Crippen LogP contribution in [0.25, 0.3) is 0 Å². The second-order valence-corrected chi connectivity index (χ2v) is 3.98. The molecule has 0 fully saturated rings. The minimum atomic E-state index is -0.204. The normalized spacial score (nSPS) is 24.1. The average Bonchev–Trinajstić information content (AvgIpc) is 2.45. The molecule has 1 aromatic carbocycles. The summed E-state index contributed by atoms with van der Waals surface area (Å²) in [6.07, 6.45) is 2.66. The quantitative estimate of drug-likeness (QED) is 0.654. The third-order valence-electron chi connectivity index (χ3n) is 2.73. The minimum absolute atomic E-state index is 0.112. The van der Waals surface area contributed by atoms with E-state index in [-0.39, 0.29) is 11.2 Å². The summed E-state index contributed by atoms with van der Waals surface area (Å²) < 4.78 is 18.6. The van der Waals surface area contributed by atoms with Crippen LogP contribution >= 0.6 is 0 Å². The van der Waals surface area contributed by atoms with Crippen LogP contribution < -0.4 is 4.74 Å². The van der Waals surface area contributed by atoms with Crippen LogP contribution in [0.2, 0.25) is 0 Å². The Morgan fingerprint density at radius 1 is 1.64 bits per heavy atom. The number of hydrogen-bond donors (Lipinski definition) is 0. The van der Waals surface area contributed by atoms with Gasteiger partial charge in [0.2, 0.25) is 0 Å². The molecule has 1 nitrogen and oxygen atoms in total. The summed E-state index contributed by atoms with van der Waals surface area (Å²) in [7, 11) is 0. The monoisotopic (exact) mass is 192 g/mol. The summed E-state index contributed by atoms with van der Waals surface area (Å²) >= 11 is 0. The second kappa shape index (κ2) is 3.12. The van der Waals surface area contributed by atoms with Gasteiger partial charge in [-0.1, -0.05) is 13.0 Å². The second-order valence-electron chi connectivity index (χ2n) is 3.98. The van der Waals surface area contributed by atoms with E-state index in [0.717, 1.165) is 17.7 Å². The van der Waals surface area contributed by atoms with E-state index >= 15 is 0 Å². The van der Waals surface area contributed by atoms with Crippen LogP contribution in [0.1, 0.15) is 18.9 Å². The van der Waals surface area contributed by atoms with Crippen molar-refractivity contribution in [2.45, 2.75) is 18.8 Å². The van der Waals surface area contributed by atoms with E-state index in [9.17, 15) is 4.39 Å². The van der Waals surface area contributed by atoms with Crippen LogP contribution in [0.4, 0.5) is 4.39 Å². The average molecular weight is 192 g/mol. The molecule has 0 radical (unpaired) electrons. The van der Waals surface area contributed by atoms with Crippen LogP contribution in [0.15, 0.2) is 30.9 Å². The van der Waals surface area contributed by atoms with Crippen molar-refractivity contribution in [3.63, 3.8) is 0 Å². The highest BCUT2D eigenvalue weighted by Crippen LogP contribution is 2.41. The third kappa shape index (κ3) is 1.31. The van der Waals surface area contributed by atoms with Crippen molar-refractivity contribution < 1.29 is 9.13 Å². The molecule has 1 aliphatic rings. The first-order chi connectivity index (χ1) is 6.65. The summed E-state index contributed by atoms with van der Waals surface area (Å²) in [6, 6.07) is 4.68. The lowest BCUT2D eigenvalue weighted by molar-refractivity contribution is 0.279. The number of halogens is 1. The Labute approximate surface area is 83.2 Å². The molecule has 2 heteroatoms. The molecule has 0 bridgehead atoms. The molecule has 1 unspecified atom stereocenters. The molecule has 1 aromatic rings. The summed E-state index contributed by atoms with van der Waals surface area (Å²) in [4.78, 5) is 0. The highest BCUT2D eigenvalue weighted by Gasteiger charge is 2.35. The first kappa shape index (κ1) is 9.25. The van der Waals surface area contributed by atoms with Gasteiger partial charge in [-0.2, -0.15) is 0 Å². The van der Waals surface area contributed by atoms with E-state index in [4.69, 9.17) is 4.74 Å². The van der Waals surface area contributed by atoms with E-state index < -0.39 is 0 Å². The fourth-order valence-electron chi connectivity index (χ4n) is 1.90. The fourth-order valence-corrected chi connectivity index (χ4v) is 1.90. The van der Waals surface area contributed by atoms with E-state index in [1.165, 1.54) is 6.07 Å². The lowest BCUT2D eigenvalue weighted by Gasteiger charge is -2.20. The van der Waals surface area contributed by atoms with Crippen LogP contribution in [-0.4, -0.2) is 6.61 Å². The molecule has 0 amide bonds. The Bertz CT molecular complexity index is 373. The largest absolute Gasteiger partial charge is 0.492 e. The van der Waals surface area contributed by atoms with Gasteiger partial charge in [0.1, 0.15) is 11.6 Å². The van der Waals surface area contributed by atoms with Crippen molar-refractivity contribution in [1.82, 2.24) is 0 Å². The molecule has 1 atom stereocenters. The van der Waals surface area contributed by atoms with Gasteiger partial charge >= 0.3 is 0 Å². The molecular formula is C12H13FO. The molecule has 0 N–H and O–H groups in total. The van der Waals surface area contributed by atoms with Crippen molar-refractivity contribution >= 4 is 0 Å². The molecule has 0 aromatic heterocycles. The maximum Gasteiger partial charge on any atom is 0.123 e. The predicted octanol–water partition coefficient (Wildman–Crippen LogP) is 3.05. The fraction of sp³-hybridized carbons (Fsp3) is 0.333. The SMILES string of the molecule is C=CCC1(C)COc2ccc(F)cc21. The topological polar surface area (TPSA) is 9.23 Å². The zero-order chi connectivity index (χ0) is 10.2. The van der Waals surface area contributed by atoms with E-state index in [0.29, 0.717) is 6.61 Å². The summed E-state index contributed by atoms with van der Waals surface area (Å²) in [5, 5.41) is 0. The van der Waals surface area contributed by atoms with Gasteiger partial charge in [-0.25, -0.2) is 4.39 Å². The molecule has 0 aliphatic carbocycles. The van der Waals surface area contributed by atoms with Gasteiger partial charge in [0.15, 0.2) is 0 Å². The first-order valence-corrected chi connectivity index (χ1v) is 4.69. The number of benzene rings is 1. The molecule has 2 rings (SSSR count). The summed E-state index contributed by atoms with van der Waals surface area (Å²) in [5.41, 5.74) is 0.844. The highest BCUT2D eigenvalue weighted by molar-refractivity contribution is 5.43. The molecule has 74 valence electrons. The van der Waals surface area contributed by atoms with Gasteiger partial charge in [-0.15, -0.1) is 6.58 Å². The first-order valence-electron chi connectivity index (χ1n) is 4.69. The van der Waals surface area contributed by atoms with Crippen molar-refractivity contribution in [3.8, 4) is 5.75 Å².